The molecule has 0 spiro atoms. The molecule has 0 aliphatic carbocycles. The smallest absolute Gasteiger partial charge is 0.361 e. The molecular formula is C12H11BrFN3O2. The van der Waals surface area contributed by atoms with Gasteiger partial charge in [0.1, 0.15) is 11.5 Å². The number of hydrogen-bond acceptors (Lipinski definition) is 4. The Morgan fingerprint density at radius 3 is 2.89 bits per heavy atom. The molecule has 1 aromatic carbocycles. The summed E-state index contributed by atoms with van der Waals surface area (Å²) < 4.78 is 18.8. The van der Waals surface area contributed by atoms with Crippen molar-refractivity contribution in [1.82, 2.24) is 15.4 Å². The Balaban J connectivity index is 2.42. The summed E-state index contributed by atoms with van der Waals surface area (Å²) in [7, 11) is 0. The summed E-state index contributed by atoms with van der Waals surface area (Å²) in [6.45, 7) is 1.90. The van der Waals surface area contributed by atoms with E-state index >= 15 is 0 Å². The number of H-pyrrole nitrogens is 1. The molecular weight excluding hydrogens is 317 g/mol. The van der Waals surface area contributed by atoms with Crippen LogP contribution in [0.1, 0.15) is 23.0 Å². The molecule has 2 rings (SSSR count). The van der Waals surface area contributed by atoms with Crippen LogP contribution in [0.5, 0.6) is 0 Å². The number of rotatable bonds is 4. The first kappa shape index (κ1) is 13.7. The summed E-state index contributed by atoms with van der Waals surface area (Å²) in [5, 5.41) is 10.4. The number of carbonyl (C=O) groups excluding carboxylic acids is 1. The van der Waals surface area contributed by atoms with Gasteiger partial charge >= 0.3 is 5.97 Å². The number of nitrogens with one attached hydrogen (secondary N) is 1. The van der Waals surface area contributed by atoms with Crippen LogP contribution in [-0.2, 0) is 10.1 Å². The highest BCUT2D eigenvalue weighted by Gasteiger charge is 2.21. The van der Waals surface area contributed by atoms with Gasteiger partial charge in [0.2, 0.25) is 0 Å². The fourth-order valence-electron chi connectivity index (χ4n) is 1.59. The summed E-state index contributed by atoms with van der Waals surface area (Å²) in [6, 6.07) is 4.69. The largest absolute Gasteiger partial charge is 0.461 e. The fraction of sp³-hybridized carbons (Fsp3) is 0.250. The number of carbonyl (C=O) groups is 1. The zero-order valence-electron chi connectivity index (χ0n) is 10.1. The number of benzene rings is 1. The van der Waals surface area contributed by atoms with Gasteiger partial charge in [-0.25, -0.2) is 9.18 Å². The van der Waals surface area contributed by atoms with E-state index in [1.54, 1.807) is 19.1 Å². The first-order valence-electron chi connectivity index (χ1n) is 5.60. The topological polar surface area (TPSA) is 67.9 Å². The quantitative estimate of drug-likeness (QED) is 0.692. The fourth-order valence-corrected chi connectivity index (χ4v) is 1.94. The van der Waals surface area contributed by atoms with Crippen LogP contribution in [0.3, 0.4) is 0 Å². The van der Waals surface area contributed by atoms with Gasteiger partial charge in [0.25, 0.3) is 0 Å². The van der Waals surface area contributed by atoms with E-state index < -0.39 is 11.8 Å². The van der Waals surface area contributed by atoms with E-state index in [1.807, 2.05) is 0 Å². The first-order chi connectivity index (χ1) is 9.17. The Morgan fingerprint density at radius 2 is 2.26 bits per heavy atom. The minimum absolute atomic E-state index is 0.0210. The Morgan fingerprint density at radius 1 is 1.47 bits per heavy atom. The zero-order valence-corrected chi connectivity index (χ0v) is 11.7. The average Bonchev–Trinajstić information content (AvgIpc) is 2.88. The van der Waals surface area contributed by atoms with E-state index in [0.717, 1.165) is 5.56 Å². The normalized spacial score (nSPS) is 10.5. The molecule has 0 saturated heterocycles. The van der Waals surface area contributed by atoms with Gasteiger partial charge in [-0.15, -0.1) is 5.10 Å². The lowest BCUT2D eigenvalue weighted by molar-refractivity contribution is 0.0520. The van der Waals surface area contributed by atoms with Crippen LogP contribution in [-0.4, -0.2) is 28.0 Å². The minimum atomic E-state index is -0.629. The van der Waals surface area contributed by atoms with Crippen molar-refractivity contribution in [3.05, 3.63) is 35.3 Å². The lowest BCUT2D eigenvalue weighted by Gasteiger charge is -2.04. The van der Waals surface area contributed by atoms with E-state index in [9.17, 15) is 9.18 Å². The third-order valence-electron chi connectivity index (χ3n) is 2.46. The Labute approximate surface area is 117 Å². The number of aromatic amines is 1. The van der Waals surface area contributed by atoms with Crippen molar-refractivity contribution in [2.75, 3.05) is 6.61 Å². The lowest BCUT2D eigenvalue weighted by atomic mass is 10.1. The highest BCUT2D eigenvalue weighted by Crippen LogP contribution is 2.25. The summed E-state index contributed by atoms with van der Waals surface area (Å²) >= 11 is 3.25. The van der Waals surface area contributed by atoms with Crippen molar-refractivity contribution >= 4 is 21.9 Å². The summed E-state index contributed by atoms with van der Waals surface area (Å²) in [5.41, 5.74) is 1.13. The van der Waals surface area contributed by atoms with Crippen molar-refractivity contribution < 1.29 is 13.9 Å². The van der Waals surface area contributed by atoms with Crippen LogP contribution < -0.4 is 0 Å². The standard InChI is InChI=1S/C12H11BrFN3O2/c1-2-19-12(18)11-10(15-17-16-11)8-4-3-7(6-13)5-9(8)14/h3-5H,2,6H2,1H3,(H,15,16,17). The van der Waals surface area contributed by atoms with Gasteiger partial charge in [-0.1, -0.05) is 22.0 Å². The molecule has 1 heterocycles. The minimum Gasteiger partial charge on any atom is -0.461 e. The number of alkyl halides is 1. The predicted octanol–water partition coefficient (Wildman–Crippen LogP) is 2.68. The van der Waals surface area contributed by atoms with E-state index in [2.05, 4.69) is 31.3 Å². The molecule has 0 amide bonds. The molecule has 0 atom stereocenters. The second-order valence-corrected chi connectivity index (χ2v) is 4.25. The third kappa shape index (κ3) is 2.81. The maximum Gasteiger partial charge on any atom is 0.361 e. The molecule has 0 radical (unpaired) electrons. The Kier molecular flexibility index (Phi) is 4.26. The molecule has 7 heteroatoms. The lowest BCUT2D eigenvalue weighted by Crippen LogP contribution is -2.07. The number of nitrogens with zero attached hydrogens (tertiary/aromatic N) is 2. The molecule has 2 aromatic rings. The summed E-state index contributed by atoms with van der Waals surface area (Å²) in [4.78, 5) is 11.7. The Hall–Kier alpha value is -1.76. The van der Waals surface area contributed by atoms with Crippen LogP contribution in [0, 0.1) is 5.82 Å². The number of aromatic nitrogens is 3. The first-order valence-corrected chi connectivity index (χ1v) is 6.72. The maximum atomic E-state index is 14.0. The monoisotopic (exact) mass is 327 g/mol. The zero-order chi connectivity index (χ0) is 13.8. The van der Waals surface area contributed by atoms with Crippen LogP contribution in [0.15, 0.2) is 18.2 Å². The Bertz CT molecular complexity index is 600. The second kappa shape index (κ2) is 5.92. The highest BCUT2D eigenvalue weighted by molar-refractivity contribution is 9.08. The van der Waals surface area contributed by atoms with Gasteiger partial charge in [0, 0.05) is 10.9 Å². The van der Waals surface area contributed by atoms with Crippen molar-refractivity contribution in [1.29, 1.82) is 0 Å². The van der Waals surface area contributed by atoms with Gasteiger partial charge in [-0.05, 0) is 24.6 Å². The molecule has 0 aliphatic heterocycles. The van der Waals surface area contributed by atoms with Gasteiger partial charge in [0.05, 0.1) is 6.61 Å². The maximum absolute atomic E-state index is 14.0. The summed E-state index contributed by atoms with van der Waals surface area (Å²) in [6.07, 6.45) is 0. The molecule has 5 nitrogen and oxygen atoms in total. The SMILES string of the molecule is CCOC(=O)c1n[nH]nc1-c1ccc(CBr)cc1F. The van der Waals surface area contributed by atoms with Gasteiger partial charge in [-0.2, -0.15) is 10.3 Å². The predicted molar refractivity (Wildman–Crippen MR) is 70.4 cm³/mol. The van der Waals surface area contributed by atoms with Crippen LogP contribution >= 0.6 is 15.9 Å². The number of ether oxygens (including phenoxy) is 1. The van der Waals surface area contributed by atoms with Crippen molar-refractivity contribution in [3.8, 4) is 11.3 Å². The van der Waals surface area contributed by atoms with E-state index in [1.165, 1.54) is 6.07 Å². The molecule has 0 aliphatic rings. The molecule has 1 aromatic heterocycles. The van der Waals surface area contributed by atoms with E-state index in [0.29, 0.717) is 5.33 Å². The molecule has 19 heavy (non-hydrogen) atoms. The van der Waals surface area contributed by atoms with Gasteiger partial charge < -0.3 is 4.74 Å². The van der Waals surface area contributed by atoms with E-state index in [4.69, 9.17) is 4.74 Å². The van der Waals surface area contributed by atoms with Crippen LogP contribution in [0.4, 0.5) is 4.39 Å². The number of halogens is 2. The van der Waals surface area contributed by atoms with Gasteiger partial charge in [-0.3, -0.25) is 0 Å². The number of hydrogen-bond donors (Lipinski definition) is 1. The van der Waals surface area contributed by atoms with Crippen molar-refractivity contribution in [3.63, 3.8) is 0 Å². The van der Waals surface area contributed by atoms with E-state index in [-0.39, 0.29) is 23.6 Å². The third-order valence-corrected chi connectivity index (χ3v) is 3.11. The highest BCUT2D eigenvalue weighted by atomic mass is 79.9. The molecule has 0 unspecified atom stereocenters. The number of esters is 1. The van der Waals surface area contributed by atoms with Gasteiger partial charge in [0.15, 0.2) is 5.69 Å². The van der Waals surface area contributed by atoms with Crippen molar-refractivity contribution in [2.24, 2.45) is 0 Å². The van der Waals surface area contributed by atoms with Crippen molar-refractivity contribution in [2.45, 2.75) is 12.3 Å². The molecule has 0 bridgehead atoms. The molecule has 100 valence electrons. The molecule has 0 saturated carbocycles. The average molecular weight is 328 g/mol. The van der Waals surface area contributed by atoms with Crippen LogP contribution in [0.2, 0.25) is 0 Å². The second-order valence-electron chi connectivity index (χ2n) is 3.69. The summed E-state index contributed by atoms with van der Waals surface area (Å²) in [5.74, 6) is -1.09. The van der Waals surface area contributed by atoms with Crippen LogP contribution in [0.25, 0.3) is 11.3 Å². The molecule has 0 fully saturated rings. The molecule has 1 N–H and O–H groups in total.